The van der Waals surface area contributed by atoms with Crippen molar-refractivity contribution in [3.8, 4) is 5.75 Å². The third-order valence-corrected chi connectivity index (χ3v) is 5.41. The highest BCUT2D eigenvalue weighted by Crippen LogP contribution is 2.25. The Labute approximate surface area is 187 Å². The summed E-state index contributed by atoms with van der Waals surface area (Å²) in [6, 6.07) is 16.7. The van der Waals surface area contributed by atoms with E-state index in [0.29, 0.717) is 23.1 Å². The number of aliphatic hydroxyl groups is 1. The van der Waals surface area contributed by atoms with E-state index in [-0.39, 0.29) is 6.61 Å². The molecule has 0 aliphatic rings. The van der Waals surface area contributed by atoms with Crippen LogP contribution in [-0.2, 0) is 29.1 Å². The van der Waals surface area contributed by atoms with E-state index in [0.717, 1.165) is 36.2 Å². The van der Waals surface area contributed by atoms with Crippen molar-refractivity contribution in [3.05, 3.63) is 82.4 Å². The largest absolute Gasteiger partial charge is 0.474 e. The van der Waals surface area contributed by atoms with Crippen molar-refractivity contribution in [1.29, 1.82) is 0 Å². The fraction of sp³-hybridized carbons (Fsp3) is 0.333. The summed E-state index contributed by atoms with van der Waals surface area (Å²) < 4.78 is 12.8. The van der Waals surface area contributed by atoms with Crippen molar-refractivity contribution in [2.24, 2.45) is 0 Å². The molecule has 1 aromatic heterocycles. The Morgan fingerprint density at radius 2 is 1.87 bits per heavy atom. The lowest BCUT2D eigenvalue weighted by Crippen LogP contribution is -2.20. The minimum Gasteiger partial charge on any atom is -0.474 e. The normalized spacial score (nSPS) is 11.9. The number of imidazole rings is 1. The van der Waals surface area contributed by atoms with Crippen LogP contribution >= 0.6 is 11.6 Å². The van der Waals surface area contributed by atoms with Gasteiger partial charge in [0.25, 0.3) is 0 Å². The molecule has 1 N–H and O–H groups in total. The van der Waals surface area contributed by atoms with E-state index in [2.05, 4.69) is 11.9 Å². The summed E-state index contributed by atoms with van der Waals surface area (Å²) in [6.07, 6.45) is 2.01. The maximum Gasteiger partial charge on any atom is 0.351 e. The lowest BCUT2D eigenvalue weighted by Gasteiger charge is -2.17. The molecule has 1 heterocycles. The highest BCUT2D eigenvalue weighted by atomic mass is 35.5. The number of ether oxygens (including phenoxy) is 2. The van der Waals surface area contributed by atoms with Crippen LogP contribution in [0.25, 0.3) is 0 Å². The number of esters is 1. The molecule has 6 nitrogen and oxygen atoms in total. The lowest BCUT2D eigenvalue weighted by atomic mass is 10.1. The third-order valence-electron chi connectivity index (χ3n) is 4.99. The molecule has 0 saturated carbocycles. The van der Waals surface area contributed by atoms with E-state index >= 15 is 0 Å². The van der Waals surface area contributed by atoms with E-state index in [1.54, 1.807) is 0 Å². The summed E-state index contributed by atoms with van der Waals surface area (Å²) in [5.41, 5.74) is 2.22. The topological polar surface area (TPSA) is 73.6 Å². The molecule has 0 aliphatic heterocycles. The number of rotatable bonds is 10. The standard InChI is InChI=1S/C24H27ClN2O4/c1-3-4-10-21-26-20(16-28)23(25)27(21)15-17-11-13-19(14-12-17)31-22(24(29)30-2)18-8-6-5-7-9-18/h5-9,11-14,22,28H,3-4,10,15-16H2,1-2H3. The Kier molecular flexibility index (Phi) is 8.09. The van der Waals surface area contributed by atoms with Gasteiger partial charge in [0.1, 0.15) is 22.4 Å². The molecule has 164 valence electrons. The number of unbranched alkanes of at least 4 members (excludes halogenated alkanes) is 1. The first-order valence-electron chi connectivity index (χ1n) is 10.3. The first-order valence-corrected chi connectivity index (χ1v) is 10.7. The lowest BCUT2D eigenvalue weighted by molar-refractivity contribution is -0.149. The Morgan fingerprint density at radius 1 is 1.16 bits per heavy atom. The van der Waals surface area contributed by atoms with Crippen molar-refractivity contribution in [3.63, 3.8) is 0 Å². The molecule has 0 amide bonds. The maximum absolute atomic E-state index is 12.2. The number of carbonyl (C=O) groups is 1. The number of aromatic nitrogens is 2. The fourth-order valence-corrected chi connectivity index (χ4v) is 3.56. The molecule has 0 saturated heterocycles. The summed E-state index contributed by atoms with van der Waals surface area (Å²) in [6.45, 7) is 2.47. The van der Waals surface area contributed by atoms with Crippen molar-refractivity contribution < 1.29 is 19.4 Å². The number of benzene rings is 2. The number of hydrogen-bond acceptors (Lipinski definition) is 5. The van der Waals surface area contributed by atoms with E-state index in [1.165, 1.54) is 7.11 Å². The quantitative estimate of drug-likeness (QED) is 0.460. The molecule has 0 fully saturated rings. The Balaban J connectivity index is 1.77. The molecule has 0 spiro atoms. The summed E-state index contributed by atoms with van der Waals surface area (Å²) in [7, 11) is 1.34. The second-order valence-corrected chi connectivity index (χ2v) is 7.55. The van der Waals surface area contributed by atoms with E-state index in [1.807, 2.05) is 59.2 Å². The predicted octanol–water partition coefficient (Wildman–Crippen LogP) is 4.71. The van der Waals surface area contributed by atoms with Crippen LogP contribution in [-0.4, -0.2) is 27.7 Å². The zero-order valence-corrected chi connectivity index (χ0v) is 18.5. The van der Waals surface area contributed by atoms with Crippen molar-refractivity contribution >= 4 is 17.6 Å². The Bertz CT molecular complexity index is 987. The molecule has 0 radical (unpaired) electrons. The van der Waals surface area contributed by atoms with E-state index < -0.39 is 12.1 Å². The van der Waals surface area contributed by atoms with Gasteiger partial charge in [0.05, 0.1) is 20.3 Å². The first kappa shape index (κ1) is 22.8. The minimum absolute atomic E-state index is 0.188. The van der Waals surface area contributed by atoms with Gasteiger partial charge in [-0.25, -0.2) is 9.78 Å². The highest BCUT2D eigenvalue weighted by Gasteiger charge is 2.23. The van der Waals surface area contributed by atoms with Gasteiger partial charge in [-0.15, -0.1) is 0 Å². The monoisotopic (exact) mass is 442 g/mol. The van der Waals surface area contributed by atoms with Crippen LogP contribution in [0, 0.1) is 0 Å². The van der Waals surface area contributed by atoms with Crippen LogP contribution in [0.1, 0.15) is 48.5 Å². The van der Waals surface area contributed by atoms with Gasteiger partial charge in [-0.05, 0) is 24.1 Å². The van der Waals surface area contributed by atoms with Crippen LogP contribution in [0.5, 0.6) is 5.75 Å². The number of hydrogen-bond donors (Lipinski definition) is 1. The molecule has 3 rings (SSSR count). The molecule has 1 unspecified atom stereocenters. The summed E-state index contributed by atoms with van der Waals surface area (Å²) >= 11 is 6.44. The van der Waals surface area contributed by atoms with E-state index in [4.69, 9.17) is 21.1 Å². The SMILES string of the molecule is CCCCc1nc(CO)c(Cl)n1Cc1ccc(OC(C(=O)OC)c2ccccc2)cc1. The van der Waals surface area contributed by atoms with Gasteiger partial charge >= 0.3 is 5.97 Å². The molecule has 2 aromatic carbocycles. The smallest absolute Gasteiger partial charge is 0.351 e. The second kappa shape index (κ2) is 11.0. The van der Waals surface area contributed by atoms with Crippen LogP contribution in [0.2, 0.25) is 5.15 Å². The van der Waals surface area contributed by atoms with Gasteiger partial charge in [-0.2, -0.15) is 0 Å². The zero-order valence-electron chi connectivity index (χ0n) is 17.8. The van der Waals surface area contributed by atoms with Crippen LogP contribution in [0.15, 0.2) is 54.6 Å². The molecule has 1 atom stereocenters. The number of aliphatic hydroxyl groups excluding tert-OH is 1. The number of methoxy groups -OCH3 is 1. The number of carbonyl (C=O) groups excluding carboxylic acids is 1. The Morgan fingerprint density at radius 3 is 2.48 bits per heavy atom. The van der Waals surface area contributed by atoms with Crippen molar-refractivity contribution in [1.82, 2.24) is 9.55 Å². The van der Waals surface area contributed by atoms with Gasteiger partial charge < -0.3 is 19.1 Å². The van der Waals surface area contributed by atoms with Crippen LogP contribution in [0.4, 0.5) is 0 Å². The Hall–Kier alpha value is -2.83. The third kappa shape index (κ3) is 5.66. The number of halogens is 1. The highest BCUT2D eigenvalue weighted by molar-refractivity contribution is 6.30. The molecule has 31 heavy (non-hydrogen) atoms. The molecular formula is C24H27ClN2O4. The first-order chi connectivity index (χ1) is 15.1. The van der Waals surface area contributed by atoms with Gasteiger partial charge in [0.2, 0.25) is 6.10 Å². The van der Waals surface area contributed by atoms with Gasteiger partial charge in [-0.3, -0.25) is 0 Å². The molecule has 7 heteroatoms. The van der Waals surface area contributed by atoms with Crippen LogP contribution in [0.3, 0.4) is 0 Å². The van der Waals surface area contributed by atoms with Crippen molar-refractivity contribution in [2.75, 3.05) is 7.11 Å². The average molecular weight is 443 g/mol. The van der Waals surface area contributed by atoms with Gasteiger partial charge in [-0.1, -0.05) is 67.4 Å². The second-order valence-electron chi connectivity index (χ2n) is 7.19. The summed E-state index contributed by atoms with van der Waals surface area (Å²) in [5.74, 6) is 0.964. The van der Waals surface area contributed by atoms with E-state index in [9.17, 15) is 9.90 Å². The summed E-state index contributed by atoms with van der Waals surface area (Å²) in [4.78, 5) is 16.7. The van der Waals surface area contributed by atoms with Gasteiger partial charge in [0, 0.05) is 12.0 Å². The predicted molar refractivity (Wildman–Crippen MR) is 119 cm³/mol. The van der Waals surface area contributed by atoms with Crippen molar-refractivity contribution in [2.45, 2.75) is 45.4 Å². The molecule has 3 aromatic rings. The molecular weight excluding hydrogens is 416 g/mol. The van der Waals surface area contributed by atoms with Gasteiger partial charge in [0.15, 0.2) is 0 Å². The number of aryl methyl sites for hydroxylation is 1. The molecule has 0 bridgehead atoms. The minimum atomic E-state index is -0.840. The molecule has 0 aliphatic carbocycles. The van der Waals surface area contributed by atoms with Crippen LogP contribution < -0.4 is 4.74 Å². The zero-order chi connectivity index (χ0) is 22.2. The fourth-order valence-electron chi connectivity index (χ4n) is 3.30. The number of nitrogens with zero attached hydrogens (tertiary/aromatic N) is 2. The summed E-state index contributed by atoms with van der Waals surface area (Å²) in [5, 5.41) is 9.97. The maximum atomic E-state index is 12.2. The average Bonchev–Trinajstić information content (AvgIpc) is 3.11.